The van der Waals surface area contributed by atoms with Crippen molar-refractivity contribution in [2.45, 2.75) is 6.92 Å². The molecule has 7 heteroatoms. The third-order valence-corrected chi connectivity index (χ3v) is 3.60. The van der Waals surface area contributed by atoms with Crippen LogP contribution in [0.2, 0.25) is 0 Å². The van der Waals surface area contributed by atoms with Crippen LogP contribution in [0.25, 0.3) is 0 Å². The molecule has 0 atom stereocenters. The molecule has 0 radical (unpaired) electrons. The van der Waals surface area contributed by atoms with Crippen LogP contribution >= 0.6 is 15.9 Å². The predicted molar refractivity (Wildman–Crippen MR) is 99.8 cm³/mol. The SMILES string of the molecule is CCOc1ccccc1/C=N/NC(=O)CNC(=O)c1cccc(Br)c1. The third-order valence-electron chi connectivity index (χ3n) is 3.11. The maximum atomic E-state index is 11.9. The average molecular weight is 404 g/mol. The fourth-order valence-corrected chi connectivity index (χ4v) is 2.38. The first-order chi connectivity index (χ1) is 12.1. The molecule has 0 aromatic heterocycles. The molecule has 0 aliphatic carbocycles. The van der Waals surface area contributed by atoms with Crippen LogP contribution in [-0.2, 0) is 4.79 Å². The molecular weight excluding hydrogens is 386 g/mol. The molecule has 25 heavy (non-hydrogen) atoms. The lowest BCUT2D eigenvalue weighted by molar-refractivity contribution is -0.120. The highest BCUT2D eigenvalue weighted by Crippen LogP contribution is 2.15. The first-order valence-electron chi connectivity index (χ1n) is 7.67. The Bertz CT molecular complexity index is 778. The first kappa shape index (κ1) is 18.7. The summed E-state index contributed by atoms with van der Waals surface area (Å²) in [4.78, 5) is 23.7. The van der Waals surface area contributed by atoms with Crippen molar-refractivity contribution >= 4 is 34.0 Å². The van der Waals surface area contributed by atoms with Crippen LogP contribution in [0, 0.1) is 0 Å². The monoisotopic (exact) mass is 403 g/mol. The first-order valence-corrected chi connectivity index (χ1v) is 8.47. The van der Waals surface area contributed by atoms with Gasteiger partial charge in [-0.05, 0) is 37.3 Å². The molecule has 0 bridgehead atoms. The van der Waals surface area contributed by atoms with Crippen molar-refractivity contribution in [2.24, 2.45) is 5.10 Å². The second-order valence-electron chi connectivity index (χ2n) is 4.96. The van der Waals surface area contributed by atoms with Crippen molar-refractivity contribution in [3.63, 3.8) is 0 Å². The van der Waals surface area contributed by atoms with E-state index in [2.05, 4.69) is 31.8 Å². The molecule has 0 aliphatic rings. The van der Waals surface area contributed by atoms with Crippen LogP contribution in [0.3, 0.4) is 0 Å². The lowest BCUT2D eigenvalue weighted by Gasteiger charge is -2.06. The number of hydrogen-bond acceptors (Lipinski definition) is 4. The van der Waals surface area contributed by atoms with Crippen LogP contribution in [0.15, 0.2) is 58.1 Å². The number of nitrogens with one attached hydrogen (secondary N) is 2. The summed E-state index contributed by atoms with van der Waals surface area (Å²) in [6.07, 6.45) is 1.50. The zero-order valence-corrected chi connectivity index (χ0v) is 15.2. The number of carbonyl (C=O) groups excluding carboxylic acids is 2. The molecule has 2 aromatic rings. The van der Waals surface area contributed by atoms with Crippen LogP contribution < -0.4 is 15.5 Å². The number of hydrazone groups is 1. The highest BCUT2D eigenvalue weighted by Gasteiger charge is 2.07. The van der Waals surface area contributed by atoms with Gasteiger partial charge in [0.05, 0.1) is 19.4 Å². The van der Waals surface area contributed by atoms with E-state index in [1.165, 1.54) is 6.21 Å². The molecule has 6 nitrogen and oxygen atoms in total. The molecule has 130 valence electrons. The largest absolute Gasteiger partial charge is 0.493 e. The van der Waals surface area contributed by atoms with Gasteiger partial charge >= 0.3 is 0 Å². The summed E-state index contributed by atoms with van der Waals surface area (Å²) in [6, 6.07) is 14.3. The Morgan fingerprint density at radius 3 is 2.76 bits per heavy atom. The fraction of sp³-hybridized carbons (Fsp3) is 0.167. The molecule has 0 heterocycles. The van der Waals surface area contributed by atoms with Gasteiger partial charge in [0.15, 0.2) is 0 Å². The lowest BCUT2D eigenvalue weighted by atomic mass is 10.2. The third kappa shape index (κ3) is 6.04. The van der Waals surface area contributed by atoms with Gasteiger partial charge in [-0.15, -0.1) is 0 Å². The van der Waals surface area contributed by atoms with Crippen molar-refractivity contribution in [3.05, 3.63) is 64.1 Å². The minimum Gasteiger partial charge on any atom is -0.493 e. The topological polar surface area (TPSA) is 79.8 Å². The molecular formula is C18H18BrN3O3. The van der Waals surface area contributed by atoms with Gasteiger partial charge in [0.1, 0.15) is 5.75 Å². The van der Waals surface area contributed by atoms with Crippen molar-refractivity contribution in [1.82, 2.24) is 10.7 Å². The second kappa shape index (κ2) is 9.58. The Morgan fingerprint density at radius 1 is 1.20 bits per heavy atom. The molecule has 0 aliphatic heterocycles. The fourth-order valence-electron chi connectivity index (χ4n) is 1.98. The number of ether oxygens (including phenoxy) is 1. The van der Waals surface area contributed by atoms with Crippen molar-refractivity contribution in [1.29, 1.82) is 0 Å². The Morgan fingerprint density at radius 2 is 2.00 bits per heavy atom. The zero-order chi connectivity index (χ0) is 18.1. The van der Waals surface area contributed by atoms with E-state index in [4.69, 9.17) is 4.74 Å². The summed E-state index contributed by atoms with van der Waals surface area (Å²) >= 11 is 3.30. The summed E-state index contributed by atoms with van der Waals surface area (Å²) in [5, 5.41) is 6.42. The molecule has 2 rings (SSSR count). The van der Waals surface area contributed by atoms with Crippen LogP contribution in [0.5, 0.6) is 5.75 Å². The van der Waals surface area contributed by atoms with E-state index in [-0.39, 0.29) is 12.5 Å². The van der Waals surface area contributed by atoms with Crippen LogP contribution in [0.4, 0.5) is 0 Å². The summed E-state index contributed by atoms with van der Waals surface area (Å²) in [5.41, 5.74) is 3.59. The van der Waals surface area contributed by atoms with Crippen molar-refractivity contribution in [2.75, 3.05) is 13.2 Å². The van der Waals surface area contributed by atoms with Gasteiger partial charge in [-0.3, -0.25) is 9.59 Å². The van der Waals surface area contributed by atoms with Gasteiger partial charge in [-0.1, -0.05) is 34.1 Å². The number of para-hydroxylation sites is 1. The van der Waals surface area contributed by atoms with Crippen molar-refractivity contribution in [3.8, 4) is 5.75 Å². The Labute approximate surface area is 154 Å². The Kier molecular flexibility index (Phi) is 7.16. The van der Waals surface area contributed by atoms with E-state index in [0.29, 0.717) is 17.9 Å². The number of rotatable bonds is 7. The normalized spacial score (nSPS) is 10.5. The summed E-state index contributed by atoms with van der Waals surface area (Å²) in [5.74, 6) is -0.0680. The average Bonchev–Trinajstić information content (AvgIpc) is 2.61. The molecule has 2 N–H and O–H groups in total. The molecule has 2 aromatic carbocycles. The predicted octanol–water partition coefficient (Wildman–Crippen LogP) is 2.73. The van der Waals surface area contributed by atoms with Gasteiger partial charge < -0.3 is 10.1 Å². The van der Waals surface area contributed by atoms with Gasteiger partial charge in [0, 0.05) is 15.6 Å². The molecule has 0 saturated carbocycles. The Hall–Kier alpha value is -2.67. The number of nitrogens with zero attached hydrogens (tertiary/aromatic N) is 1. The molecule has 0 fully saturated rings. The Balaban J connectivity index is 1.84. The minimum atomic E-state index is -0.423. The molecule has 0 spiro atoms. The highest BCUT2D eigenvalue weighted by molar-refractivity contribution is 9.10. The van der Waals surface area contributed by atoms with Gasteiger partial charge in [-0.25, -0.2) is 5.43 Å². The van der Waals surface area contributed by atoms with Gasteiger partial charge in [0.25, 0.3) is 11.8 Å². The highest BCUT2D eigenvalue weighted by atomic mass is 79.9. The lowest BCUT2D eigenvalue weighted by Crippen LogP contribution is -2.34. The summed E-state index contributed by atoms with van der Waals surface area (Å²) in [7, 11) is 0. The van der Waals surface area contributed by atoms with E-state index in [9.17, 15) is 9.59 Å². The summed E-state index contributed by atoms with van der Waals surface area (Å²) in [6.45, 7) is 2.26. The number of amides is 2. The number of hydrogen-bond donors (Lipinski definition) is 2. The van der Waals surface area contributed by atoms with E-state index in [1.54, 1.807) is 18.2 Å². The molecule has 0 unspecified atom stereocenters. The van der Waals surface area contributed by atoms with Crippen molar-refractivity contribution < 1.29 is 14.3 Å². The maximum Gasteiger partial charge on any atom is 0.259 e. The quantitative estimate of drug-likeness (QED) is 0.550. The smallest absolute Gasteiger partial charge is 0.259 e. The molecule has 2 amide bonds. The van der Waals surface area contributed by atoms with E-state index < -0.39 is 5.91 Å². The van der Waals surface area contributed by atoms with Gasteiger partial charge in [-0.2, -0.15) is 5.10 Å². The van der Waals surface area contributed by atoms with E-state index in [0.717, 1.165) is 10.0 Å². The van der Waals surface area contributed by atoms with Gasteiger partial charge in [0.2, 0.25) is 0 Å². The zero-order valence-electron chi connectivity index (χ0n) is 13.7. The number of halogens is 1. The number of carbonyl (C=O) groups is 2. The van der Waals surface area contributed by atoms with Crippen LogP contribution in [-0.4, -0.2) is 31.2 Å². The standard InChI is InChI=1S/C18H18BrN3O3/c1-2-25-16-9-4-3-6-14(16)11-21-22-17(23)12-20-18(24)13-7-5-8-15(19)10-13/h3-11H,2,12H2,1H3,(H,20,24)(H,22,23)/b21-11+. The number of benzene rings is 2. The second-order valence-corrected chi connectivity index (χ2v) is 5.87. The molecule has 0 saturated heterocycles. The summed E-state index contributed by atoms with van der Waals surface area (Å²) < 4.78 is 6.26. The van der Waals surface area contributed by atoms with E-state index >= 15 is 0 Å². The minimum absolute atomic E-state index is 0.171. The van der Waals surface area contributed by atoms with E-state index in [1.807, 2.05) is 37.3 Å². The van der Waals surface area contributed by atoms with Crippen LogP contribution in [0.1, 0.15) is 22.8 Å². The maximum absolute atomic E-state index is 11.9.